The Kier molecular flexibility index (Phi) is 3.20. The van der Waals surface area contributed by atoms with Crippen LogP contribution in [0.1, 0.15) is 15.9 Å². The average molecular weight is 283 g/mol. The Morgan fingerprint density at radius 1 is 1.15 bits per heavy atom. The molecular formula is C16H11ClN2O. The van der Waals surface area contributed by atoms with Gasteiger partial charge in [-0.05, 0) is 42.3 Å². The summed E-state index contributed by atoms with van der Waals surface area (Å²) in [6.07, 6.45) is 3.39. The molecule has 0 saturated carbocycles. The third kappa shape index (κ3) is 2.17. The number of carbonyl (C=O) groups excluding carboxylic acids is 1. The van der Waals surface area contributed by atoms with Crippen molar-refractivity contribution < 1.29 is 4.79 Å². The Labute approximate surface area is 121 Å². The Morgan fingerprint density at radius 3 is 2.60 bits per heavy atom. The Hall–Kier alpha value is -2.26. The number of aromatic nitrogens is 2. The van der Waals surface area contributed by atoms with Gasteiger partial charge in [-0.25, -0.2) is 4.98 Å². The summed E-state index contributed by atoms with van der Waals surface area (Å²) in [5.41, 5.74) is 3.91. The van der Waals surface area contributed by atoms with Crippen molar-refractivity contribution in [1.82, 2.24) is 9.97 Å². The van der Waals surface area contributed by atoms with Crippen LogP contribution in [-0.2, 0) is 0 Å². The van der Waals surface area contributed by atoms with E-state index in [1.807, 2.05) is 37.3 Å². The molecule has 0 unspecified atom stereocenters. The minimum absolute atomic E-state index is 0.474. The largest absolute Gasteiger partial charge is 0.276 e. The highest BCUT2D eigenvalue weighted by molar-refractivity contribution is 6.68. The highest BCUT2D eigenvalue weighted by Crippen LogP contribution is 2.27. The fourth-order valence-corrected chi connectivity index (χ4v) is 2.38. The molecule has 3 nitrogen and oxygen atoms in total. The number of para-hydroxylation sites is 1. The summed E-state index contributed by atoms with van der Waals surface area (Å²) in [6.45, 7) is 1.97. The van der Waals surface area contributed by atoms with Crippen LogP contribution in [0.4, 0.5) is 0 Å². The van der Waals surface area contributed by atoms with Gasteiger partial charge in [0.2, 0.25) is 0 Å². The minimum atomic E-state index is -0.474. The van der Waals surface area contributed by atoms with Crippen LogP contribution in [0.15, 0.2) is 48.8 Å². The van der Waals surface area contributed by atoms with Crippen molar-refractivity contribution in [3.05, 3.63) is 59.9 Å². The SMILES string of the molecule is Cc1cccc2c(C(=O)Cl)cc(-c3ccncc3)nc12. The zero-order valence-electron chi connectivity index (χ0n) is 10.8. The van der Waals surface area contributed by atoms with Gasteiger partial charge in [0, 0.05) is 28.9 Å². The van der Waals surface area contributed by atoms with Gasteiger partial charge in [0.25, 0.3) is 5.24 Å². The summed E-state index contributed by atoms with van der Waals surface area (Å²) in [4.78, 5) is 20.3. The van der Waals surface area contributed by atoms with Crippen LogP contribution >= 0.6 is 11.6 Å². The zero-order chi connectivity index (χ0) is 14.1. The molecule has 1 aromatic carbocycles. The molecule has 2 heterocycles. The lowest BCUT2D eigenvalue weighted by Gasteiger charge is -2.08. The second-order valence-corrected chi connectivity index (χ2v) is 4.88. The van der Waals surface area contributed by atoms with Gasteiger partial charge in [-0.1, -0.05) is 18.2 Å². The van der Waals surface area contributed by atoms with Crippen molar-refractivity contribution in [2.24, 2.45) is 0 Å². The van der Waals surface area contributed by atoms with Crippen molar-refractivity contribution in [3.63, 3.8) is 0 Å². The molecule has 0 aliphatic carbocycles. The lowest BCUT2D eigenvalue weighted by molar-refractivity contribution is 0.108. The van der Waals surface area contributed by atoms with Crippen molar-refractivity contribution in [2.75, 3.05) is 0 Å². The molecule has 0 bridgehead atoms. The number of pyridine rings is 2. The molecular weight excluding hydrogens is 272 g/mol. The van der Waals surface area contributed by atoms with Crippen molar-refractivity contribution >= 4 is 27.7 Å². The van der Waals surface area contributed by atoms with Crippen LogP contribution in [-0.4, -0.2) is 15.2 Å². The molecule has 0 amide bonds. The summed E-state index contributed by atoms with van der Waals surface area (Å²) in [5.74, 6) is 0. The molecule has 0 saturated heterocycles. The van der Waals surface area contributed by atoms with E-state index in [4.69, 9.17) is 11.6 Å². The van der Waals surface area contributed by atoms with E-state index in [0.717, 1.165) is 27.7 Å². The lowest BCUT2D eigenvalue weighted by Crippen LogP contribution is -1.97. The second kappa shape index (κ2) is 5.02. The number of fused-ring (bicyclic) bond motifs is 1. The predicted molar refractivity (Wildman–Crippen MR) is 79.9 cm³/mol. The van der Waals surface area contributed by atoms with Crippen molar-refractivity contribution in [1.29, 1.82) is 0 Å². The van der Waals surface area contributed by atoms with E-state index < -0.39 is 5.24 Å². The van der Waals surface area contributed by atoms with Crippen LogP contribution in [0.2, 0.25) is 0 Å². The third-order valence-corrected chi connectivity index (χ3v) is 3.43. The second-order valence-electron chi connectivity index (χ2n) is 4.54. The topological polar surface area (TPSA) is 42.9 Å². The van der Waals surface area contributed by atoms with Crippen LogP contribution < -0.4 is 0 Å². The van der Waals surface area contributed by atoms with Gasteiger partial charge in [0.15, 0.2) is 0 Å². The molecule has 3 rings (SSSR count). The number of benzene rings is 1. The smallest absolute Gasteiger partial charge is 0.253 e. The molecule has 0 aliphatic heterocycles. The number of rotatable bonds is 2. The third-order valence-electron chi connectivity index (χ3n) is 3.23. The molecule has 2 aromatic heterocycles. The fourth-order valence-electron chi connectivity index (χ4n) is 2.23. The van der Waals surface area contributed by atoms with Crippen molar-refractivity contribution in [2.45, 2.75) is 6.92 Å². The van der Waals surface area contributed by atoms with E-state index in [1.165, 1.54) is 0 Å². The Morgan fingerprint density at radius 2 is 1.90 bits per heavy atom. The first kappa shape index (κ1) is 12.8. The van der Waals surface area contributed by atoms with E-state index in [9.17, 15) is 4.79 Å². The molecule has 3 aromatic rings. The number of carbonyl (C=O) groups is 1. The molecule has 0 N–H and O–H groups in total. The maximum atomic E-state index is 11.7. The van der Waals surface area contributed by atoms with Crippen LogP contribution in [0.3, 0.4) is 0 Å². The van der Waals surface area contributed by atoms with E-state index >= 15 is 0 Å². The number of hydrogen-bond donors (Lipinski definition) is 0. The van der Waals surface area contributed by atoms with Gasteiger partial charge in [-0.2, -0.15) is 0 Å². The molecule has 4 heteroatoms. The first-order chi connectivity index (χ1) is 9.66. The van der Waals surface area contributed by atoms with Crippen molar-refractivity contribution in [3.8, 4) is 11.3 Å². The monoisotopic (exact) mass is 282 g/mol. The van der Waals surface area contributed by atoms with Crippen LogP contribution in [0.5, 0.6) is 0 Å². The number of halogens is 1. The summed E-state index contributed by atoms with van der Waals surface area (Å²) in [6, 6.07) is 11.2. The summed E-state index contributed by atoms with van der Waals surface area (Å²) in [5, 5.41) is 0.307. The number of nitrogens with zero attached hydrogens (tertiary/aromatic N) is 2. The normalized spacial score (nSPS) is 10.7. The molecule has 0 aliphatic rings. The van der Waals surface area contributed by atoms with E-state index in [0.29, 0.717) is 5.56 Å². The van der Waals surface area contributed by atoms with E-state index in [1.54, 1.807) is 18.5 Å². The quantitative estimate of drug-likeness (QED) is 0.668. The summed E-state index contributed by atoms with van der Waals surface area (Å²) >= 11 is 5.71. The highest BCUT2D eigenvalue weighted by atomic mass is 35.5. The Bertz CT molecular complexity index is 800. The average Bonchev–Trinajstić information content (AvgIpc) is 2.47. The molecule has 0 atom stereocenters. The standard InChI is InChI=1S/C16H11ClN2O/c1-10-3-2-4-12-13(16(17)20)9-14(19-15(10)12)11-5-7-18-8-6-11/h2-9H,1H3. The van der Waals surface area contributed by atoms with Gasteiger partial charge >= 0.3 is 0 Å². The number of aryl methyl sites for hydroxylation is 1. The zero-order valence-corrected chi connectivity index (χ0v) is 11.6. The Balaban J connectivity index is 2.36. The summed E-state index contributed by atoms with van der Waals surface area (Å²) < 4.78 is 0. The van der Waals surface area contributed by atoms with E-state index in [-0.39, 0.29) is 0 Å². The first-order valence-electron chi connectivity index (χ1n) is 6.17. The molecule has 0 spiro atoms. The summed E-state index contributed by atoms with van der Waals surface area (Å²) in [7, 11) is 0. The number of hydrogen-bond acceptors (Lipinski definition) is 3. The van der Waals surface area contributed by atoms with Gasteiger partial charge < -0.3 is 0 Å². The van der Waals surface area contributed by atoms with Gasteiger partial charge in [-0.3, -0.25) is 9.78 Å². The maximum absolute atomic E-state index is 11.7. The van der Waals surface area contributed by atoms with Crippen LogP contribution in [0, 0.1) is 6.92 Å². The van der Waals surface area contributed by atoms with Gasteiger partial charge in [0.05, 0.1) is 11.2 Å². The molecule has 98 valence electrons. The van der Waals surface area contributed by atoms with Gasteiger partial charge in [-0.15, -0.1) is 0 Å². The minimum Gasteiger partial charge on any atom is -0.276 e. The predicted octanol–water partition coefficient (Wildman–Crippen LogP) is 3.98. The fraction of sp³-hybridized carbons (Fsp3) is 0.0625. The van der Waals surface area contributed by atoms with E-state index in [2.05, 4.69) is 9.97 Å². The van der Waals surface area contributed by atoms with Crippen LogP contribution in [0.25, 0.3) is 22.2 Å². The highest BCUT2D eigenvalue weighted by Gasteiger charge is 2.13. The lowest BCUT2D eigenvalue weighted by atomic mass is 10.0. The molecule has 0 fully saturated rings. The molecule has 20 heavy (non-hydrogen) atoms. The maximum Gasteiger partial charge on any atom is 0.253 e. The van der Waals surface area contributed by atoms with Gasteiger partial charge in [0.1, 0.15) is 0 Å². The molecule has 0 radical (unpaired) electrons. The first-order valence-corrected chi connectivity index (χ1v) is 6.55.